The highest BCUT2D eigenvalue weighted by Gasteiger charge is 2.01. The van der Waals surface area contributed by atoms with Gasteiger partial charge in [-0.3, -0.25) is 0 Å². The number of fused-ring (bicyclic) bond motifs is 8. The van der Waals surface area contributed by atoms with E-state index in [1.54, 1.807) is 0 Å². The molecule has 2 aliphatic heterocycles. The molecule has 2 aliphatic rings. The maximum Gasteiger partial charge on any atom is 0.0967 e. The fraction of sp³-hybridized carbons (Fsp3) is 0.0476. The van der Waals surface area contributed by atoms with Crippen LogP contribution in [0.3, 0.4) is 0 Å². The van der Waals surface area contributed by atoms with Crippen molar-refractivity contribution >= 4 is 69.6 Å². The summed E-state index contributed by atoms with van der Waals surface area (Å²) in [6, 6.07) is 16.4. The lowest BCUT2D eigenvalue weighted by atomic mass is 10.3. The summed E-state index contributed by atoms with van der Waals surface area (Å²) < 4.78 is 0. The van der Waals surface area contributed by atoms with Gasteiger partial charge in [0, 0.05) is 22.1 Å². The maximum absolute atomic E-state index is 4.76. The summed E-state index contributed by atoms with van der Waals surface area (Å²) in [5, 5.41) is 0.194. The molecule has 0 unspecified atom stereocenters. The SMILES string of the molecule is C1=Cc2cc3ccc(cc4nc(cc5ccc(cc1n2)[nH]5)C=C4)[nH]3.ClCCl. The lowest BCUT2D eigenvalue weighted by Gasteiger charge is -1.85. The molecule has 0 saturated carbocycles. The zero-order valence-electron chi connectivity index (χ0n) is 14.3. The summed E-state index contributed by atoms with van der Waals surface area (Å²) in [6.07, 6.45) is 8.09. The molecule has 5 rings (SSSR count). The van der Waals surface area contributed by atoms with Gasteiger partial charge in [-0.1, -0.05) is 0 Å². The van der Waals surface area contributed by atoms with E-state index in [4.69, 9.17) is 23.2 Å². The normalized spacial score (nSPS) is 11.9. The van der Waals surface area contributed by atoms with Gasteiger partial charge in [-0.15, -0.1) is 23.2 Å². The highest BCUT2D eigenvalue weighted by Crippen LogP contribution is 2.16. The number of H-pyrrole nitrogens is 2. The van der Waals surface area contributed by atoms with Crippen LogP contribution in [0.5, 0.6) is 0 Å². The molecule has 0 spiro atoms. The molecule has 4 nitrogen and oxygen atoms in total. The molecule has 0 aromatic carbocycles. The number of nitrogens with one attached hydrogen (secondary N) is 2. The molecule has 0 aliphatic carbocycles. The Morgan fingerprint density at radius 2 is 0.815 bits per heavy atom. The Kier molecular flexibility index (Phi) is 5.10. The van der Waals surface area contributed by atoms with E-state index in [0.29, 0.717) is 0 Å². The molecule has 0 amide bonds. The van der Waals surface area contributed by atoms with Crippen LogP contribution >= 0.6 is 23.2 Å². The molecule has 3 aromatic rings. The van der Waals surface area contributed by atoms with Gasteiger partial charge in [0.05, 0.1) is 28.1 Å². The lowest BCUT2D eigenvalue weighted by molar-refractivity contribution is 1.31. The zero-order valence-corrected chi connectivity index (χ0v) is 15.8. The minimum Gasteiger partial charge on any atom is -0.355 e. The maximum atomic E-state index is 4.76. The van der Waals surface area contributed by atoms with Gasteiger partial charge in [0.1, 0.15) is 0 Å². The van der Waals surface area contributed by atoms with Crippen LogP contribution in [0.1, 0.15) is 22.8 Å². The molecule has 3 aromatic heterocycles. The fourth-order valence-electron chi connectivity index (χ4n) is 2.94. The summed E-state index contributed by atoms with van der Waals surface area (Å²) in [4.78, 5) is 16.0. The van der Waals surface area contributed by atoms with Crippen LogP contribution in [0.2, 0.25) is 0 Å². The minimum absolute atomic E-state index is 0.194. The number of aromatic amines is 2. The standard InChI is InChI=1S/C20H14N4.CH2Cl2/c1-2-14-10-16-5-6-18(23-16)12-20-8-7-19(24-20)11-17-4-3-15(22-17)9-13(1)21-14;2-1-3/h1-12,21,24H;1H2. The summed E-state index contributed by atoms with van der Waals surface area (Å²) in [6.45, 7) is 0. The topological polar surface area (TPSA) is 57.4 Å². The van der Waals surface area contributed by atoms with Crippen LogP contribution in [0.25, 0.3) is 46.4 Å². The fourth-order valence-corrected chi connectivity index (χ4v) is 2.94. The molecule has 0 fully saturated rings. The molecule has 0 saturated heterocycles. The van der Waals surface area contributed by atoms with Crippen LogP contribution in [0, 0.1) is 0 Å². The third-order valence-electron chi connectivity index (χ3n) is 4.04. The molecule has 2 N–H and O–H groups in total. The first-order valence-corrected chi connectivity index (χ1v) is 9.45. The predicted octanol–water partition coefficient (Wildman–Crippen LogP) is 6.08. The second-order valence-electron chi connectivity index (χ2n) is 6.01. The van der Waals surface area contributed by atoms with Crippen LogP contribution in [-0.2, 0) is 0 Å². The zero-order chi connectivity index (χ0) is 18.6. The van der Waals surface area contributed by atoms with Crippen molar-refractivity contribution in [1.82, 2.24) is 19.9 Å². The minimum atomic E-state index is 0.194. The molecule has 134 valence electrons. The smallest absolute Gasteiger partial charge is 0.0967 e. The quantitative estimate of drug-likeness (QED) is 0.312. The van der Waals surface area contributed by atoms with Crippen molar-refractivity contribution in [3.8, 4) is 0 Å². The van der Waals surface area contributed by atoms with Crippen molar-refractivity contribution in [3.63, 3.8) is 0 Å². The summed E-state index contributed by atoms with van der Waals surface area (Å²) in [5.74, 6) is 0. The van der Waals surface area contributed by atoms with Gasteiger partial charge in [-0.05, 0) is 72.8 Å². The van der Waals surface area contributed by atoms with E-state index < -0.39 is 0 Å². The Balaban J connectivity index is 0.000000565. The number of hydrogen-bond donors (Lipinski definition) is 2. The van der Waals surface area contributed by atoms with Gasteiger partial charge in [0.2, 0.25) is 0 Å². The molecular weight excluding hydrogens is 379 g/mol. The Morgan fingerprint density at radius 3 is 1.07 bits per heavy atom. The van der Waals surface area contributed by atoms with Crippen molar-refractivity contribution in [1.29, 1.82) is 0 Å². The van der Waals surface area contributed by atoms with Crippen molar-refractivity contribution in [3.05, 3.63) is 71.3 Å². The van der Waals surface area contributed by atoms with Gasteiger partial charge < -0.3 is 9.97 Å². The first-order valence-electron chi connectivity index (χ1n) is 8.38. The van der Waals surface area contributed by atoms with Crippen molar-refractivity contribution in [2.45, 2.75) is 0 Å². The Labute approximate surface area is 166 Å². The predicted molar refractivity (Wildman–Crippen MR) is 115 cm³/mol. The van der Waals surface area contributed by atoms with E-state index in [1.165, 1.54) is 0 Å². The van der Waals surface area contributed by atoms with E-state index in [9.17, 15) is 0 Å². The van der Waals surface area contributed by atoms with Crippen molar-refractivity contribution in [2.75, 3.05) is 5.34 Å². The summed E-state index contributed by atoms with van der Waals surface area (Å²) in [7, 11) is 0. The lowest BCUT2D eigenvalue weighted by Crippen LogP contribution is -1.75. The van der Waals surface area contributed by atoms with Crippen LogP contribution in [-0.4, -0.2) is 25.3 Å². The highest BCUT2D eigenvalue weighted by atomic mass is 35.5. The van der Waals surface area contributed by atoms with Crippen LogP contribution in [0.15, 0.2) is 48.5 Å². The Morgan fingerprint density at radius 1 is 0.556 bits per heavy atom. The number of hydrogen-bond acceptors (Lipinski definition) is 2. The van der Waals surface area contributed by atoms with Gasteiger partial charge >= 0.3 is 0 Å². The first-order chi connectivity index (χ1) is 13.2. The van der Waals surface area contributed by atoms with Gasteiger partial charge in [0.25, 0.3) is 0 Å². The number of aromatic nitrogens is 4. The highest BCUT2D eigenvalue weighted by molar-refractivity contribution is 6.40. The monoisotopic (exact) mass is 394 g/mol. The Hall–Kier alpha value is -2.82. The largest absolute Gasteiger partial charge is 0.355 e. The van der Waals surface area contributed by atoms with Crippen LogP contribution in [0.4, 0.5) is 0 Å². The van der Waals surface area contributed by atoms with E-state index in [0.717, 1.165) is 44.8 Å². The molecule has 0 radical (unpaired) electrons. The first kappa shape index (κ1) is 17.6. The summed E-state index contributed by atoms with van der Waals surface area (Å²) >= 11 is 9.53. The van der Waals surface area contributed by atoms with Gasteiger partial charge in [0.15, 0.2) is 0 Å². The molecule has 27 heavy (non-hydrogen) atoms. The van der Waals surface area contributed by atoms with E-state index in [2.05, 4.69) is 44.2 Å². The molecule has 5 heterocycles. The average Bonchev–Trinajstić information content (AvgIpc) is 3.41. The van der Waals surface area contributed by atoms with Gasteiger partial charge in [-0.25, -0.2) is 9.97 Å². The molecule has 6 heteroatoms. The van der Waals surface area contributed by atoms with E-state index in [-0.39, 0.29) is 5.34 Å². The number of halogens is 2. The molecular formula is C21H16Cl2N4. The second kappa shape index (κ2) is 7.82. The van der Waals surface area contributed by atoms with E-state index in [1.807, 2.05) is 48.6 Å². The van der Waals surface area contributed by atoms with Crippen LogP contribution < -0.4 is 0 Å². The summed E-state index contributed by atoms with van der Waals surface area (Å²) in [5.41, 5.74) is 7.86. The second-order valence-corrected chi connectivity index (χ2v) is 6.81. The van der Waals surface area contributed by atoms with E-state index >= 15 is 0 Å². The number of rotatable bonds is 0. The third-order valence-corrected chi connectivity index (χ3v) is 4.04. The Bertz CT molecular complexity index is 1010. The number of nitrogens with zero attached hydrogens (tertiary/aromatic N) is 2. The van der Waals surface area contributed by atoms with Gasteiger partial charge in [-0.2, -0.15) is 0 Å². The van der Waals surface area contributed by atoms with Crippen molar-refractivity contribution in [2.24, 2.45) is 0 Å². The average molecular weight is 395 g/mol. The molecule has 8 bridgehead atoms. The van der Waals surface area contributed by atoms with Crippen molar-refractivity contribution < 1.29 is 0 Å². The molecule has 0 atom stereocenters. The third kappa shape index (κ3) is 4.30. The number of alkyl halides is 2.